The van der Waals surface area contributed by atoms with Gasteiger partial charge in [0, 0.05) is 0 Å². The first-order valence-corrected chi connectivity index (χ1v) is 15.4. The van der Waals surface area contributed by atoms with Gasteiger partial charge in [-0.25, -0.2) is 0 Å². The van der Waals surface area contributed by atoms with Crippen molar-refractivity contribution in [2.45, 2.75) is 54.3 Å². The zero-order valence-electron chi connectivity index (χ0n) is 10.9. The molecule has 19 heavy (non-hydrogen) atoms. The fourth-order valence-corrected chi connectivity index (χ4v) is 103. The van der Waals surface area contributed by atoms with Crippen molar-refractivity contribution in [3.8, 4) is 0 Å². The average molecular weight is 308 g/mol. The molecule has 0 amide bonds. The van der Waals surface area contributed by atoms with Gasteiger partial charge in [-0.05, 0) is 0 Å². The Balaban J connectivity index is 1.39. The number of fused-ring (bicyclic) bond motifs is 10. The fraction of sp³-hybridized carbons (Fsp3) is 0.647. The summed E-state index contributed by atoms with van der Waals surface area (Å²) >= 11 is 0. The Kier molecular flexibility index (Phi) is 0.264. The molecular weight excluding hydrogens is 291 g/mol. The van der Waals surface area contributed by atoms with Gasteiger partial charge in [-0.3, -0.25) is 0 Å². The number of hydrogen-bond acceptors (Lipinski definition) is 0. The molecule has 10 saturated heterocycles. The van der Waals surface area contributed by atoms with E-state index in [0.29, 0.717) is 0 Å². The molecule has 10 fully saturated rings. The summed E-state index contributed by atoms with van der Waals surface area (Å²) in [5.41, 5.74) is 1.61. The molecule has 0 nitrogen and oxygen atoms in total. The van der Waals surface area contributed by atoms with Crippen LogP contribution in [0.15, 0.2) is 24.3 Å². The summed E-state index contributed by atoms with van der Waals surface area (Å²) in [6.45, 7) is -0.400. The molecule has 11 rings (SSSR count). The van der Waals surface area contributed by atoms with E-state index in [-0.39, 0.29) is 0 Å². The van der Waals surface area contributed by atoms with E-state index >= 15 is 0 Å². The third-order valence-electron chi connectivity index (χ3n) is 16.1. The van der Waals surface area contributed by atoms with Gasteiger partial charge in [0.2, 0.25) is 0 Å². The summed E-state index contributed by atoms with van der Waals surface area (Å²) in [6.07, 6.45) is 0. The van der Waals surface area contributed by atoms with E-state index < -0.39 is 6.51 Å². The van der Waals surface area contributed by atoms with Crippen molar-refractivity contribution in [3.63, 3.8) is 0 Å². The summed E-state index contributed by atoms with van der Waals surface area (Å²) in [5.74, 6) is 0. The molecule has 0 aromatic heterocycles. The fourth-order valence-electron chi connectivity index (χ4n) is 17.4. The van der Waals surface area contributed by atoms with Crippen LogP contribution in [0.1, 0.15) is 5.56 Å². The predicted molar refractivity (Wildman–Crippen MR) is 75.6 cm³/mol. The molecule has 10 aliphatic rings. The van der Waals surface area contributed by atoms with Gasteiger partial charge in [0.1, 0.15) is 0 Å². The van der Waals surface area contributed by atoms with Crippen LogP contribution >= 0.6 is 8.58 Å². The van der Waals surface area contributed by atoms with Crippen LogP contribution in [0, 0.1) is 6.92 Å². The van der Waals surface area contributed by atoms with Crippen LogP contribution in [0.4, 0.5) is 0 Å². The average Bonchev–Trinajstić information content (AvgIpc) is 3.35. The molecule has 0 aliphatic carbocycles. The SMILES string of the molecule is Cc1ccccc1P[C]12[CH]3[CH]4[CH]5[CH]1[Fe]45321678[CH]2[CH]1[CH]6[CH]7[CH]28. The number of aryl methyl sites for hydroxylation is 1. The summed E-state index contributed by atoms with van der Waals surface area (Å²) in [7, 11) is 1.27. The van der Waals surface area contributed by atoms with Crippen LogP contribution in [0.5, 0.6) is 0 Å². The Morgan fingerprint density at radius 2 is 1.47 bits per heavy atom. The van der Waals surface area contributed by atoms with E-state index in [4.69, 9.17) is 0 Å². The second-order valence-electron chi connectivity index (χ2n) is 11.6. The first-order valence-electron chi connectivity index (χ1n) is 8.09. The van der Waals surface area contributed by atoms with Crippen molar-refractivity contribution < 1.29 is 6.51 Å². The minimum absolute atomic E-state index is 1.12. The van der Waals surface area contributed by atoms with Crippen molar-refractivity contribution in [2.75, 3.05) is 0 Å². The third kappa shape index (κ3) is 0.0905. The second-order valence-corrected chi connectivity index (χ2v) is 37.3. The summed E-state index contributed by atoms with van der Waals surface area (Å²) in [4.78, 5) is 13.5. The molecule has 98 valence electrons. The van der Waals surface area contributed by atoms with Crippen LogP contribution in [0.25, 0.3) is 0 Å². The van der Waals surface area contributed by atoms with Gasteiger partial charge in [0.25, 0.3) is 0 Å². The van der Waals surface area contributed by atoms with E-state index in [1.807, 2.05) is 0 Å². The summed E-state index contributed by atoms with van der Waals surface area (Å²) in [6, 6.07) is 9.40. The van der Waals surface area contributed by atoms with Crippen molar-refractivity contribution in [3.05, 3.63) is 29.8 Å². The maximum atomic E-state index is 2.49. The van der Waals surface area contributed by atoms with Gasteiger partial charge in [-0.1, -0.05) is 0 Å². The van der Waals surface area contributed by atoms with Gasteiger partial charge in [0.05, 0.1) is 0 Å². The summed E-state index contributed by atoms with van der Waals surface area (Å²) in [5, 5.41) is 1.79. The monoisotopic (exact) mass is 308 g/mol. The summed E-state index contributed by atoms with van der Waals surface area (Å²) < 4.78 is 1.12. The van der Waals surface area contributed by atoms with Crippen molar-refractivity contribution >= 4 is 13.9 Å². The van der Waals surface area contributed by atoms with Gasteiger partial charge in [-0.15, -0.1) is 0 Å². The normalized spacial score (nSPS) is 108. The minimum atomic E-state index is -2.77. The standard InChI is InChI=1S/C12H12P.C5H5.Fe/c1-10-6-2-5-9-12(10)13-11-7-3-4-8-11;1-2-4-5-3-1;/h2-9,13H,1H3;1-5H;. The Morgan fingerprint density at radius 3 is 1.89 bits per heavy atom. The zero-order valence-corrected chi connectivity index (χ0v) is 13.0. The molecule has 0 saturated carbocycles. The molecule has 10 heterocycles. The molecule has 1 aromatic carbocycles. The molecule has 5 atom stereocenters. The van der Waals surface area contributed by atoms with E-state index in [1.165, 1.54) is 51.9 Å². The topological polar surface area (TPSA) is 0 Å². The van der Waals surface area contributed by atoms with E-state index in [1.54, 1.807) is 10.9 Å². The number of benzene rings is 1. The third-order valence-corrected chi connectivity index (χ3v) is 64.8. The van der Waals surface area contributed by atoms with Gasteiger partial charge in [-0.2, -0.15) is 0 Å². The second kappa shape index (κ2) is 0.674. The van der Waals surface area contributed by atoms with Crippen molar-refractivity contribution in [2.24, 2.45) is 0 Å². The van der Waals surface area contributed by atoms with Gasteiger partial charge >= 0.3 is 105 Å². The van der Waals surface area contributed by atoms with Gasteiger partial charge in [0.15, 0.2) is 0 Å². The quantitative estimate of drug-likeness (QED) is 0.553. The molecule has 1 aromatic rings. The predicted octanol–water partition coefficient (Wildman–Crippen LogP) is 4.60. The molecular formula is C17H17FeP. The first kappa shape index (κ1) is 7.44. The molecule has 1 spiro atoms. The Morgan fingerprint density at radius 1 is 0.895 bits per heavy atom. The van der Waals surface area contributed by atoms with Crippen LogP contribution in [0.2, 0.25) is 43.3 Å². The maximum absolute atomic E-state index is 2.77. The van der Waals surface area contributed by atoms with Gasteiger partial charge < -0.3 is 0 Å². The number of hydrogen-bond donors (Lipinski definition) is 0. The Bertz CT molecular complexity index is 1100. The Hall–Kier alpha value is 0.169. The van der Waals surface area contributed by atoms with Crippen molar-refractivity contribution in [1.29, 1.82) is 0 Å². The van der Waals surface area contributed by atoms with Crippen LogP contribution in [-0.2, 0) is 6.51 Å². The van der Waals surface area contributed by atoms with Crippen molar-refractivity contribution in [1.82, 2.24) is 0 Å². The first-order chi connectivity index (χ1) is 9.03. The molecule has 0 radical (unpaired) electrons. The molecule has 0 bridgehead atoms. The number of rotatable bonds is 2. The van der Waals surface area contributed by atoms with Crippen LogP contribution in [-0.4, -0.2) is 4.05 Å². The zero-order chi connectivity index (χ0) is 11.7. The van der Waals surface area contributed by atoms with Crippen LogP contribution in [0.3, 0.4) is 0 Å². The molecule has 10 aliphatic heterocycles. The molecule has 0 N–H and O–H groups in total. The molecule has 5 unspecified atom stereocenters. The van der Waals surface area contributed by atoms with E-state index in [0.717, 1.165) is 4.05 Å². The Labute approximate surface area is 104 Å². The van der Waals surface area contributed by atoms with E-state index in [2.05, 4.69) is 31.2 Å². The van der Waals surface area contributed by atoms with Crippen LogP contribution < -0.4 is 5.30 Å². The molecule has 2 heteroatoms. The van der Waals surface area contributed by atoms with E-state index in [9.17, 15) is 0 Å².